The van der Waals surface area contributed by atoms with Gasteiger partial charge in [-0.25, -0.2) is 0 Å². The average molecular weight is 371 g/mol. The summed E-state index contributed by atoms with van der Waals surface area (Å²) in [5.41, 5.74) is 1.000. The van der Waals surface area contributed by atoms with E-state index in [9.17, 15) is 4.79 Å². The summed E-state index contributed by atoms with van der Waals surface area (Å²) in [6.07, 6.45) is 0.645. The molecule has 0 aromatic heterocycles. The van der Waals surface area contributed by atoms with Crippen LogP contribution in [-0.4, -0.2) is 51.8 Å². The molecule has 0 unspecified atom stereocenters. The molecule has 0 saturated heterocycles. The summed E-state index contributed by atoms with van der Waals surface area (Å²) in [7, 11) is 5.02. The molecule has 6 nitrogen and oxygen atoms in total. The lowest BCUT2D eigenvalue weighted by molar-refractivity contribution is -0.135. The third-order valence-corrected chi connectivity index (χ3v) is 4.64. The lowest BCUT2D eigenvalue weighted by atomic mass is 9.95. The van der Waals surface area contributed by atoms with E-state index >= 15 is 0 Å². The molecule has 0 radical (unpaired) electrons. The minimum absolute atomic E-state index is 0.0534. The molecule has 1 amide bonds. The van der Waals surface area contributed by atoms with Gasteiger partial charge in [0.05, 0.1) is 26.7 Å². The predicted octanol–water partition coefficient (Wildman–Crippen LogP) is 2.79. The smallest absolute Gasteiger partial charge is 0.229 e. The number of likely N-dealkylation sites (N-methyl/N-ethyl adjacent to an activating group) is 1. The first-order valence-electron chi connectivity index (χ1n) is 8.93. The van der Waals surface area contributed by atoms with E-state index in [-0.39, 0.29) is 11.8 Å². The number of methoxy groups -OCH3 is 2. The Morgan fingerprint density at radius 1 is 1.15 bits per heavy atom. The number of fused-ring (bicyclic) bond motifs is 1. The summed E-state index contributed by atoms with van der Waals surface area (Å²) in [6, 6.07) is 13.2. The Hall–Kier alpha value is -2.89. The van der Waals surface area contributed by atoms with Crippen molar-refractivity contribution in [3.63, 3.8) is 0 Å². The number of para-hydroxylation sites is 1. The molecule has 144 valence electrons. The summed E-state index contributed by atoms with van der Waals surface area (Å²) in [5, 5.41) is 0. The number of benzene rings is 2. The number of amides is 1. The summed E-state index contributed by atoms with van der Waals surface area (Å²) in [4.78, 5) is 14.4. The van der Waals surface area contributed by atoms with E-state index < -0.39 is 0 Å². The van der Waals surface area contributed by atoms with Crippen molar-refractivity contribution in [2.24, 2.45) is 5.92 Å². The minimum Gasteiger partial charge on any atom is -0.497 e. The highest BCUT2D eigenvalue weighted by molar-refractivity contribution is 5.79. The highest BCUT2D eigenvalue weighted by Gasteiger charge is 2.29. The van der Waals surface area contributed by atoms with Crippen molar-refractivity contribution in [2.75, 3.05) is 41.0 Å². The lowest BCUT2D eigenvalue weighted by Gasteiger charge is -2.29. The van der Waals surface area contributed by atoms with Crippen LogP contribution < -0.4 is 18.9 Å². The number of ether oxygens (including phenoxy) is 4. The maximum Gasteiger partial charge on any atom is 0.229 e. The highest BCUT2D eigenvalue weighted by Crippen LogP contribution is 2.36. The first-order valence-corrected chi connectivity index (χ1v) is 8.93. The van der Waals surface area contributed by atoms with Crippen molar-refractivity contribution < 1.29 is 23.7 Å². The number of hydrogen-bond acceptors (Lipinski definition) is 5. The van der Waals surface area contributed by atoms with Crippen molar-refractivity contribution in [1.29, 1.82) is 0 Å². The standard InChI is InChI=1S/C21H25NO5/c1-22(10-11-26-18-8-5-7-17(13-18)24-2)21(23)16-12-15-6-4-9-19(25-3)20(15)27-14-16/h4-9,13,16H,10-12,14H2,1-3H3/t16-/m0/s1. The molecule has 0 spiro atoms. The first kappa shape index (κ1) is 18.9. The third-order valence-electron chi connectivity index (χ3n) is 4.64. The van der Waals surface area contributed by atoms with E-state index in [1.807, 2.05) is 42.5 Å². The van der Waals surface area contributed by atoms with Gasteiger partial charge in [0, 0.05) is 13.1 Å². The van der Waals surface area contributed by atoms with Crippen LogP contribution in [0.25, 0.3) is 0 Å². The van der Waals surface area contributed by atoms with Crippen LogP contribution in [0.5, 0.6) is 23.0 Å². The van der Waals surface area contributed by atoms with Crippen molar-refractivity contribution in [2.45, 2.75) is 6.42 Å². The van der Waals surface area contributed by atoms with Gasteiger partial charge >= 0.3 is 0 Å². The van der Waals surface area contributed by atoms with Gasteiger partial charge < -0.3 is 23.8 Å². The molecule has 0 fully saturated rings. The lowest BCUT2D eigenvalue weighted by Crippen LogP contribution is -2.40. The first-order chi connectivity index (χ1) is 13.1. The largest absolute Gasteiger partial charge is 0.497 e. The number of rotatable bonds is 7. The average Bonchev–Trinajstić information content (AvgIpc) is 2.72. The molecule has 0 N–H and O–H groups in total. The molecule has 0 bridgehead atoms. The van der Waals surface area contributed by atoms with Crippen LogP contribution in [0.15, 0.2) is 42.5 Å². The number of hydrogen-bond donors (Lipinski definition) is 0. The maximum absolute atomic E-state index is 12.7. The van der Waals surface area contributed by atoms with Crippen LogP contribution in [0.3, 0.4) is 0 Å². The summed E-state index contributed by atoms with van der Waals surface area (Å²) >= 11 is 0. The molecule has 0 aliphatic carbocycles. The van der Waals surface area contributed by atoms with Gasteiger partial charge in [0.15, 0.2) is 11.5 Å². The fraction of sp³-hybridized carbons (Fsp3) is 0.381. The normalized spacial score (nSPS) is 15.3. The van der Waals surface area contributed by atoms with Crippen LogP contribution in [0.2, 0.25) is 0 Å². The summed E-state index contributed by atoms with van der Waals surface area (Å²) < 4.78 is 22.0. The fourth-order valence-electron chi connectivity index (χ4n) is 3.13. The molecule has 0 saturated carbocycles. The SMILES string of the molecule is COc1cccc(OCCN(C)C(=O)[C@@H]2COc3c(cccc3OC)C2)c1. The Morgan fingerprint density at radius 3 is 2.70 bits per heavy atom. The second-order valence-corrected chi connectivity index (χ2v) is 6.45. The fourth-order valence-corrected chi connectivity index (χ4v) is 3.13. The minimum atomic E-state index is -0.202. The van der Waals surface area contributed by atoms with E-state index in [1.165, 1.54) is 0 Å². The molecule has 1 heterocycles. The van der Waals surface area contributed by atoms with Gasteiger partial charge in [0.25, 0.3) is 0 Å². The third kappa shape index (κ3) is 4.45. The predicted molar refractivity (Wildman–Crippen MR) is 102 cm³/mol. The van der Waals surface area contributed by atoms with Gasteiger partial charge in [-0.1, -0.05) is 18.2 Å². The molecule has 6 heteroatoms. The zero-order valence-electron chi connectivity index (χ0n) is 15.9. The Kier molecular flexibility index (Phi) is 6.06. The second-order valence-electron chi connectivity index (χ2n) is 6.45. The molecular weight excluding hydrogens is 346 g/mol. The Bertz CT molecular complexity index is 792. The van der Waals surface area contributed by atoms with Crippen LogP contribution >= 0.6 is 0 Å². The highest BCUT2D eigenvalue weighted by atomic mass is 16.5. The monoisotopic (exact) mass is 371 g/mol. The van der Waals surface area contributed by atoms with Crippen molar-refractivity contribution in [3.05, 3.63) is 48.0 Å². The zero-order chi connectivity index (χ0) is 19.2. The summed E-state index contributed by atoms with van der Waals surface area (Å²) in [6.45, 7) is 1.26. The van der Waals surface area contributed by atoms with Gasteiger partial charge in [-0.3, -0.25) is 4.79 Å². The van der Waals surface area contributed by atoms with E-state index in [4.69, 9.17) is 18.9 Å². The van der Waals surface area contributed by atoms with Crippen molar-refractivity contribution in [1.82, 2.24) is 4.90 Å². The number of carbonyl (C=O) groups is 1. The Morgan fingerprint density at radius 2 is 1.93 bits per heavy atom. The molecule has 1 atom stereocenters. The van der Waals surface area contributed by atoms with E-state index in [2.05, 4.69) is 0 Å². The van der Waals surface area contributed by atoms with Gasteiger partial charge in [-0.15, -0.1) is 0 Å². The molecular formula is C21H25NO5. The summed E-state index contributed by atoms with van der Waals surface area (Å²) in [5.74, 6) is 2.76. The van der Waals surface area contributed by atoms with Crippen LogP contribution in [-0.2, 0) is 11.2 Å². The quantitative estimate of drug-likeness (QED) is 0.749. The van der Waals surface area contributed by atoms with Gasteiger partial charge in [0.1, 0.15) is 24.7 Å². The van der Waals surface area contributed by atoms with Crippen LogP contribution in [0, 0.1) is 5.92 Å². The zero-order valence-corrected chi connectivity index (χ0v) is 15.9. The van der Waals surface area contributed by atoms with E-state index in [1.54, 1.807) is 26.2 Å². The molecule has 1 aliphatic rings. The van der Waals surface area contributed by atoms with E-state index in [0.29, 0.717) is 31.9 Å². The Balaban J connectivity index is 1.53. The van der Waals surface area contributed by atoms with Crippen molar-refractivity contribution >= 4 is 5.91 Å². The van der Waals surface area contributed by atoms with Gasteiger partial charge in [0.2, 0.25) is 5.91 Å². The molecule has 2 aromatic carbocycles. The Labute approximate surface area is 159 Å². The van der Waals surface area contributed by atoms with Gasteiger partial charge in [-0.05, 0) is 30.2 Å². The van der Waals surface area contributed by atoms with E-state index in [0.717, 1.165) is 22.8 Å². The number of carbonyl (C=O) groups excluding carboxylic acids is 1. The molecule has 3 rings (SSSR count). The van der Waals surface area contributed by atoms with Crippen LogP contribution in [0.4, 0.5) is 0 Å². The van der Waals surface area contributed by atoms with Crippen LogP contribution in [0.1, 0.15) is 5.56 Å². The van der Waals surface area contributed by atoms with Crippen molar-refractivity contribution in [3.8, 4) is 23.0 Å². The number of nitrogens with zero attached hydrogens (tertiary/aromatic N) is 1. The molecule has 1 aliphatic heterocycles. The molecule has 27 heavy (non-hydrogen) atoms. The van der Waals surface area contributed by atoms with Gasteiger partial charge in [-0.2, -0.15) is 0 Å². The topological polar surface area (TPSA) is 57.2 Å². The second kappa shape index (κ2) is 8.66. The maximum atomic E-state index is 12.7. The molecule has 2 aromatic rings.